The SMILES string of the molecule is CC1OCC/C1=N\OCc1c(F)c(F)c(F)c(F)c1F. The molecule has 3 nitrogen and oxygen atoms in total. The molecule has 0 bridgehead atoms. The number of rotatable bonds is 3. The minimum absolute atomic E-state index is 0.300. The van der Waals surface area contributed by atoms with E-state index in [9.17, 15) is 22.0 Å². The van der Waals surface area contributed by atoms with Crippen molar-refractivity contribution in [1.82, 2.24) is 0 Å². The Kier molecular flexibility index (Phi) is 4.22. The number of ether oxygens (including phenoxy) is 1. The van der Waals surface area contributed by atoms with Crippen molar-refractivity contribution in [2.75, 3.05) is 6.61 Å². The van der Waals surface area contributed by atoms with Crippen LogP contribution in [0.4, 0.5) is 22.0 Å². The van der Waals surface area contributed by atoms with Gasteiger partial charge in [0.2, 0.25) is 5.82 Å². The van der Waals surface area contributed by atoms with E-state index < -0.39 is 41.3 Å². The van der Waals surface area contributed by atoms with Crippen LogP contribution in [0.5, 0.6) is 0 Å². The minimum atomic E-state index is -2.20. The quantitative estimate of drug-likeness (QED) is 0.371. The number of benzene rings is 1. The van der Waals surface area contributed by atoms with Gasteiger partial charge in [-0.25, -0.2) is 22.0 Å². The van der Waals surface area contributed by atoms with Gasteiger partial charge in [0.05, 0.1) is 24.0 Å². The van der Waals surface area contributed by atoms with E-state index in [0.29, 0.717) is 18.7 Å². The van der Waals surface area contributed by atoms with Gasteiger partial charge in [-0.05, 0) is 6.92 Å². The Hall–Kier alpha value is -1.70. The van der Waals surface area contributed by atoms with Crippen LogP contribution < -0.4 is 0 Å². The maximum Gasteiger partial charge on any atom is 0.200 e. The summed E-state index contributed by atoms with van der Waals surface area (Å²) in [5.41, 5.74) is -0.550. The highest BCUT2D eigenvalue weighted by Gasteiger charge is 2.26. The largest absolute Gasteiger partial charge is 0.391 e. The molecule has 0 aliphatic carbocycles. The zero-order chi connectivity index (χ0) is 14.9. The Labute approximate surface area is 111 Å². The van der Waals surface area contributed by atoms with Gasteiger partial charge in [-0.15, -0.1) is 0 Å². The summed E-state index contributed by atoms with van der Waals surface area (Å²) in [5.74, 6) is -10.1. The Morgan fingerprint density at radius 3 is 2.10 bits per heavy atom. The molecule has 0 amide bonds. The minimum Gasteiger partial charge on any atom is -0.391 e. The van der Waals surface area contributed by atoms with Crippen LogP contribution in [-0.4, -0.2) is 18.4 Å². The summed E-state index contributed by atoms with van der Waals surface area (Å²) in [6.07, 6.45) is 0.185. The first-order valence-corrected chi connectivity index (χ1v) is 5.74. The smallest absolute Gasteiger partial charge is 0.200 e. The van der Waals surface area contributed by atoms with Crippen LogP contribution in [-0.2, 0) is 16.2 Å². The number of oxime groups is 1. The molecule has 20 heavy (non-hydrogen) atoms. The highest BCUT2D eigenvalue weighted by molar-refractivity contribution is 5.89. The van der Waals surface area contributed by atoms with Gasteiger partial charge in [0.15, 0.2) is 23.3 Å². The molecule has 8 heteroatoms. The maximum absolute atomic E-state index is 13.3. The first-order chi connectivity index (χ1) is 9.43. The Morgan fingerprint density at radius 1 is 1.05 bits per heavy atom. The van der Waals surface area contributed by atoms with Crippen molar-refractivity contribution in [3.05, 3.63) is 34.6 Å². The average Bonchev–Trinajstić information content (AvgIpc) is 2.84. The van der Waals surface area contributed by atoms with Crippen LogP contribution >= 0.6 is 0 Å². The number of nitrogens with zero attached hydrogens (tertiary/aromatic N) is 1. The van der Waals surface area contributed by atoms with E-state index >= 15 is 0 Å². The average molecular weight is 295 g/mol. The van der Waals surface area contributed by atoms with E-state index in [1.807, 2.05) is 0 Å². The molecule has 110 valence electrons. The van der Waals surface area contributed by atoms with Crippen molar-refractivity contribution in [3.63, 3.8) is 0 Å². The van der Waals surface area contributed by atoms with Gasteiger partial charge in [0.1, 0.15) is 6.61 Å². The second kappa shape index (κ2) is 5.74. The Balaban J connectivity index is 2.18. The molecule has 0 N–H and O–H groups in total. The summed E-state index contributed by atoms with van der Waals surface area (Å²) in [4.78, 5) is 4.66. The molecule has 1 saturated heterocycles. The Bertz CT molecular complexity index is 532. The predicted octanol–water partition coefficient (Wildman–Crippen LogP) is 3.06. The van der Waals surface area contributed by atoms with Crippen molar-refractivity contribution in [1.29, 1.82) is 0 Å². The van der Waals surface area contributed by atoms with Crippen LogP contribution in [0.25, 0.3) is 0 Å². The van der Waals surface area contributed by atoms with Gasteiger partial charge in [-0.1, -0.05) is 5.16 Å². The summed E-state index contributed by atoms with van der Waals surface area (Å²) in [6.45, 7) is 1.28. The van der Waals surface area contributed by atoms with Crippen LogP contribution in [0.15, 0.2) is 5.16 Å². The molecule has 1 atom stereocenters. The van der Waals surface area contributed by atoms with Gasteiger partial charge >= 0.3 is 0 Å². The Morgan fingerprint density at radius 2 is 1.60 bits per heavy atom. The van der Waals surface area contributed by atoms with Crippen LogP contribution in [0.1, 0.15) is 18.9 Å². The van der Waals surface area contributed by atoms with E-state index in [-0.39, 0.29) is 6.10 Å². The lowest BCUT2D eigenvalue weighted by atomic mass is 10.2. The summed E-state index contributed by atoms with van der Waals surface area (Å²) in [7, 11) is 0. The van der Waals surface area contributed by atoms with Crippen LogP contribution in [0.3, 0.4) is 0 Å². The summed E-state index contributed by atoms with van der Waals surface area (Å²) in [6, 6.07) is 0. The van der Waals surface area contributed by atoms with Crippen molar-refractivity contribution in [2.24, 2.45) is 5.16 Å². The molecule has 1 aliphatic heterocycles. The molecule has 0 spiro atoms. The van der Waals surface area contributed by atoms with E-state index in [0.717, 1.165) is 0 Å². The fraction of sp³-hybridized carbons (Fsp3) is 0.417. The molecule has 0 saturated carbocycles. The number of hydrogen-bond donors (Lipinski definition) is 0. The van der Waals surface area contributed by atoms with E-state index in [1.54, 1.807) is 6.92 Å². The molecular weight excluding hydrogens is 285 g/mol. The highest BCUT2D eigenvalue weighted by atomic mass is 19.2. The first-order valence-electron chi connectivity index (χ1n) is 5.74. The van der Waals surface area contributed by atoms with Gasteiger partial charge in [0, 0.05) is 6.42 Å². The lowest BCUT2D eigenvalue weighted by molar-refractivity contribution is 0.115. The second-order valence-electron chi connectivity index (χ2n) is 4.17. The summed E-state index contributed by atoms with van der Waals surface area (Å²) in [5, 5.41) is 3.58. The van der Waals surface area contributed by atoms with Gasteiger partial charge in [-0.2, -0.15) is 0 Å². The first kappa shape index (κ1) is 14.7. The predicted molar refractivity (Wildman–Crippen MR) is 58.5 cm³/mol. The zero-order valence-electron chi connectivity index (χ0n) is 10.4. The zero-order valence-corrected chi connectivity index (χ0v) is 10.4. The van der Waals surface area contributed by atoms with Crippen molar-refractivity contribution >= 4 is 5.71 Å². The molecule has 1 aliphatic rings. The third-order valence-corrected chi connectivity index (χ3v) is 2.89. The number of halogens is 5. The fourth-order valence-electron chi connectivity index (χ4n) is 1.72. The molecule has 0 radical (unpaired) electrons. The molecule has 1 heterocycles. The molecule has 1 aromatic carbocycles. The lowest BCUT2D eigenvalue weighted by Gasteiger charge is -2.08. The monoisotopic (exact) mass is 295 g/mol. The number of hydrogen-bond acceptors (Lipinski definition) is 3. The van der Waals surface area contributed by atoms with E-state index in [1.165, 1.54) is 0 Å². The normalized spacial score (nSPS) is 20.7. The third kappa shape index (κ3) is 2.60. The molecule has 1 fully saturated rings. The van der Waals surface area contributed by atoms with Crippen molar-refractivity contribution < 1.29 is 31.5 Å². The fourth-order valence-corrected chi connectivity index (χ4v) is 1.72. The van der Waals surface area contributed by atoms with Gasteiger partial charge in [-0.3, -0.25) is 0 Å². The maximum atomic E-state index is 13.3. The topological polar surface area (TPSA) is 30.8 Å². The lowest BCUT2D eigenvalue weighted by Crippen LogP contribution is -2.11. The molecule has 0 aromatic heterocycles. The molecule has 2 rings (SSSR count). The van der Waals surface area contributed by atoms with E-state index in [2.05, 4.69) is 9.99 Å². The summed E-state index contributed by atoms with van der Waals surface area (Å²) < 4.78 is 70.4. The highest BCUT2D eigenvalue weighted by Crippen LogP contribution is 2.23. The van der Waals surface area contributed by atoms with E-state index in [4.69, 9.17) is 4.74 Å². The third-order valence-electron chi connectivity index (χ3n) is 2.89. The standard InChI is InChI=1S/C12H10F5NO2/c1-5-7(2-3-19-5)18-20-4-6-8(13)10(15)12(17)11(16)9(6)14/h5H,2-4H2,1H3/b18-7+. The molecule has 1 aromatic rings. The van der Waals surface area contributed by atoms with Crippen molar-refractivity contribution in [2.45, 2.75) is 26.1 Å². The van der Waals surface area contributed by atoms with Gasteiger partial charge < -0.3 is 9.57 Å². The molecule has 1 unspecified atom stereocenters. The van der Waals surface area contributed by atoms with Crippen LogP contribution in [0.2, 0.25) is 0 Å². The molecular formula is C12H10F5NO2. The van der Waals surface area contributed by atoms with Crippen molar-refractivity contribution in [3.8, 4) is 0 Å². The van der Waals surface area contributed by atoms with Crippen LogP contribution in [0, 0.1) is 29.1 Å². The summed E-state index contributed by atoms with van der Waals surface area (Å²) >= 11 is 0. The van der Waals surface area contributed by atoms with Gasteiger partial charge in [0.25, 0.3) is 0 Å². The second-order valence-corrected chi connectivity index (χ2v) is 4.17.